The van der Waals surface area contributed by atoms with Gasteiger partial charge >= 0.3 is 5.97 Å². The Hall–Kier alpha value is -2.48. The van der Waals surface area contributed by atoms with Crippen LogP contribution in [0.1, 0.15) is 10.4 Å². The summed E-state index contributed by atoms with van der Waals surface area (Å²) in [6.45, 7) is 0. The number of aromatic carboxylic acids is 1. The molecule has 0 aliphatic heterocycles. The summed E-state index contributed by atoms with van der Waals surface area (Å²) in [5.74, 6) is -1.33. The minimum Gasteiger partial charge on any atom is -0.477 e. The SMILES string of the molecule is O=C(O)c1ccc(Sc2cnccn2)cc1[N+](=O)[O-]. The third-order valence-corrected chi connectivity index (χ3v) is 3.07. The van der Waals surface area contributed by atoms with Crippen LogP contribution in [0.2, 0.25) is 0 Å². The van der Waals surface area contributed by atoms with Crippen molar-refractivity contribution in [2.75, 3.05) is 0 Å². The molecule has 0 aliphatic rings. The predicted octanol–water partition coefficient (Wildman–Crippen LogP) is 2.23. The molecule has 0 saturated carbocycles. The third kappa shape index (κ3) is 3.05. The van der Waals surface area contributed by atoms with Crippen LogP contribution in [0.25, 0.3) is 0 Å². The van der Waals surface area contributed by atoms with Gasteiger partial charge < -0.3 is 5.11 Å². The fourth-order valence-electron chi connectivity index (χ4n) is 1.37. The monoisotopic (exact) mass is 277 g/mol. The maximum atomic E-state index is 10.9. The lowest BCUT2D eigenvalue weighted by Crippen LogP contribution is -2.02. The van der Waals surface area contributed by atoms with E-state index in [9.17, 15) is 14.9 Å². The van der Waals surface area contributed by atoms with Gasteiger partial charge in [0.05, 0.1) is 11.1 Å². The molecule has 1 heterocycles. The van der Waals surface area contributed by atoms with E-state index in [1.54, 1.807) is 0 Å². The highest BCUT2D eigenvalue weighted by atomic mass is 32.2. The lowest BCUT2D eigenvalue weighted by Gasteiger charge is -2.02. The van der Waals surface area contributed by atoms with E-state index in [-0.39, 0.29) is 5.56 Å². The van der Waals surface area contributed by atoms with Crippen LogP contribution in [0.15, 0.2) is 46.7 Å². The fraction of sp³-hybridized carbons (Fsp3) is 0. The van der Waals surface area contributed by atoms with Crippen LogP contribution in [-0.4, -0.2) is 26.0 Å². The van der Waals surface area contributed by atoms with E-state index in [1.807, 2.05) is 0 Å². The number of aromatic nitrogens is 2. The zero-order chi connectivity index (χ0) is 13.8. The van der Waals surface area contributed by atoms with Gasteiger partial charge in [-0.05, 0) is 12.1 Å². The first-order valence-electron chi connectivity index (χ1n) is 5.03. The van der Waals surface area contributed by atoms with Gasteiger partial charge in [0.25, 0.3) is 5.69 Å². The molecule has 0 fully saturated rings. The summed E-state index contributed by atoms with van der Waals surface area (Å²) in [4.78, 5) is 29.4. The second-order valence-electron chi connectivity index (χ2n) is 3.39. The Labute approximate surface area is 111 Å². The van der Waals surface area contributed by atoms with Crippen LogP contribution in [0.4, 0.5) is 5.69 Å². The Morgan fingerprint density at radius 1 is 1.37 bits per heavy atom. The highest BCUT2D eigenvalue weighted by Gasteiger charge is 2.20. The average Bonchev–Trinajstić information content (AvgIpc) is 2.39. The predicted molar refractivity (Wildman–Crippen MR) is 66.2 cm³/mol. The van der Waals surface area contributed by atoms with Crippen molar-refractivity contribution in [3.8, 4) is 0 Å². The van der Waals surface area contributed by atoms with Crippen molar-refractivity contribution in [2.24, 2.45) is 0 Å². The van der Waals surface area contributed by atoms with Crippen LogP contribution in [0.3, 0.4) is 0 Å². The van der Waals surface area contributed by atoms with Gasteiger partial charge in [0, 0.05) is 23.4 Å². The van der Waals surface area contributed by atoms with Gasteiger partial charge in [-0.25, -0.2) is 9.78 Å². The summed E-state index contributed by atoms with van der Waals surface area (Å²) in [7, 11) is 0. The molecule has 0 spiro atoms. The molecule has 7 nitrogen and oxygen atoms in total. The number of nitro benzene ring substituents is 1. The number of hydrogen-bond donors (Lipinski definition) is 1. The van der Waals surface area contributed by atoms with Crippen molar-refractivity contribution in [3.63, 3.8) is 0 Å². The van der Waals surface area contributed by atoms with Gasteiger partial charge in [-0.2, -0.15) is 0 Å². The Morgan fingerprint density at radius 2 is 2.16 bits per heavy atom. The van der Waals surface area contributed by atoms with E-state index in [1.165, 1.54) is 48.6 Å². The van der Waals surface area contributed by atoms with Gasteiger partial charge in [-0.15, -0.1) is 0 Å². The molecule has 19 heavy (non-hydrogen) atoms. The highest BCUT2D eigenvalue weighted by molar-refractivity contribution is 7.99. The van der Waals surface area contributed by atoms with Gasteiger partial charge in [0.1, 0.15) is 10.6 Å². The van der Waals surface area contributed by atoms with Crippen LogP contribution in [-0.2, 0) is 0 Å². The van der Waals surface area contributed by atoms with E-state index in [4.69, 9.17) is 5.11 Å². The maximum Gasteiger partial charge on any atom is 0.342 e. The fourth-order valence-corrected chi connectivity index (χ4v) is 2.14. The van der Waals surface area contributed by atoms with Gasteiger partial charge in [-0.3, -0.25) is 15.1 Å². The van der Waals surface area contributed by atoms with Gasteiger partial charge in [0.15, 0.2) is 0 Å². The molecule has 96 valence electrons. The lowest BCUT2D eigenvalue weighted by atomic mass is 10.2. The second-order valence-corrected chi connectivity index (χ2v) is 4.48. The number of rotatable bonds is 4. The Bertz CT molecular complexity index is 633. The number of nitro groups is 1. The van der Waals surface area contributed by atoms with E-state index >= 15 is 0 Å². The van der Waals surface area contributed by atoms with Crippen LogP contribution in [0, 0.1) is 10.1 Å². The first-order valence-corrected chi connectivity index (χ1v) is 5.85. The minimum absolute atomic E-state index is 0.339. The lowest BCUT2D eigenvalue weighted by molar-refractivity contribution is -0.385. The highest BCUT2D eigenvalue weighted by Crippen LogP contribution is 2.30. The molecule has 1 N–H and O–H groups in total. The van der Waals surface area contributed by atoms with Crippen LogP contribution < -0.4 is 0 Å². The number of carboxylic acid groups (broad SMARTS) is 1. The number of carbonyl (C=O) groups is 1. The molecule has 0 saturated heterocycles. The largest absolute Gasteiger partial charge is 0.477 e. The number of hydrogen-bond acceptors (Lipinski definition) is 6. The average molecular weight is 277 g/mol. The molecule has 0 radical (unpaired) electrons. The second kappa shape index (κ2) is 5.44. The van der Waals surface area contributed by atoms with E-state index < -0.39 is 16.6 Å². The molecule has 2 aromatic rings. The molecule has 2 rings (SSSR count). The molecular formula is C11H7N3O4S. The quantitative estimate of drug-likeness (QED) is 0.674. The van der Waals surface area contributed by atoms with E-state index in [0.717, 1.165) is 0 Å². The molecule has 1 aromatic heterocycles. The topological polar surface area (TPSA) is 106 Å². The standard InChI is InChI=1S/C11H7N3O4S/c15-11(16)8-2-1-7(5-9(8)14(17)18)19-10-6-12-3-4-13-10/h1-6H,(H,15,16). The van der Waals surface area contributed by atoms with Crippen molar-refractivity contribution >= 4 is 23.4 Å². The van der Waals surface area contributed by atoms with Crippen LogP contribution >= 0.6 is 11.8 Å². The number of benzene rings is 1. The van der Waals surface area contributed by atoms with Crippen molar-refractivity contribution in [3.05, 3.63) is 52.5 Å². The van der Waals surface area contributed by atoms with Crippen molar-refractivity contribution in [1.29, 1.82) is 0 Å². The van der Waals surface area contributed by atoms with Crippen LogP contribution in [0.5, 0.6) is 0 Å². The smallest absolute Gasteiger partial charge is 0.342 e. The summed E-state index contributed by atoms with van der Waals surface area (Å²) in [5.41, 5.74) is -0.783. The Kier molecular flexibility index (Phi) is 3.71. The molecule has 0 amide bonds. The van der Waals surface area contributed by atoms with Gasteiger partial charge in [0.2, 0.25) is 0 Å². The Balaban J connectivity index is 2.36. The summed E-state index contributed by atoms with van der Waals surface area (Å²) < 4.78 is 0. The molecule has 0 atom stereocenters. The molecule has 0 aliphatic carbocycles. The van der Waals surface area contributed by atoms with E-state index in [2.05, 4.69) is 9.97 Å². The molecule has 0 unspecified atom stereocenters. The van der Waals surface area contributed by atoms with E-state index in [0.29, 0.717) is 9.92 Å². The summed E-state index contributed by atoms with van der Waals surface area (Å²) >= 11 is 1.17. The molecule has 1 aromatic carbocycles. The number of nitrogens with zero attached hydrogens (tertiary/aromatic N) is 3. The molecule has 0 bridgehead atoms. The zero-order valence-corrected chi connectivity index (χ0v) is 10.2. The molecular weight excluding hydrogens is 270 g/mol. The molecule has 8 heteroatoms. The first-order chi connectivity index (χ1) is 9.08. The normalized spacial score (nSPS) is 10.1. The summed E-state index contributed by atoms with van der Waals surface area (Å²) in [5, 5.41) is 20.3. The zero-order valence-electron chi connectivity index (χ0n) is 9.39. The third-order valence-electron chi connectivity index (χ3n) is 2.16. The van der Waals surface area contributed by atoms with Crippen molar-refractivity contribution in [1.82, 2.24) is 9.97 Å². The maximum absolute atomic E-state index is 10.9. The summed E-state index contributed by atoms with van der Waals surface area (Å²) in [6.07, 6.45) is 4.53. The van der Waals surface area contributed by atoms with Crippen molar-refractivity contribution < 1.29 is 14.8 Å². The summed E-state index contributed by atoms with van der Waals surface area (Å²) in [6, 6.07) is 3.91. The van der Waals surface area contributed by atoms with Gasteiger partial charge in [-0.1, -0.05) is 11.8 Å². The van der Waals surface area contributed by atoms with Crippen molar-refractivity contribution in [2.45, 2.75) is 9.92 Å². The first kappa shape index (κ1) is 13.0. The minimum atomic E-state index is -1.33. The Morgan fingerprint density at radius 3 is 2.74 bits per heavy atom. The number of carboxylic acids is 1.